The molecule has 0 aliphatic heterocycles. The molecule has 0 amide bonds. The van der Waals surface area contributed by atoms with Crippen LogP contribution in [0.4, 0.5) is 0 Å². The number of nitriles is 1. The molecular weight excluding hydrogens is 240 g/mol. The summed E-state index contributed by atoms with van der Waals surface area (Å²) >= 11 is 0. The van der Waals surface area contributed by atoms with E-state index in [1.54, 1.807) is 7.11 Å². The average Bonchev–Trinajstić information content (AvgIpc) is 3.28. The van der Waals surface area contributed by atoms with Gasteiger partial charge in [0, 0.05) is 25.6 Å². The van der Waals surface area contributed by atoms with E-state index in [-0.39, 0.29) is 0 Å². The predicted octanol–water partition coefficient (Wildman–Crippen LogP) is 2.45. The van der Waals surface area contributed by atoms with Crippen LogP contribution in [0.25, 0.3) is 0 Å². The van der Waals surface area contributed by atoms with E-state index in [0.717, 1.165) is 24.6 Å². The number of methoxy groups -OCH3 is 1. The summed E-state index contributed by atoms with van der Waals surface area (Å²) in [6, 6.07) is 10.5. The lowest BCUT2D eigenvalue weighted by Gasteiger charge is -2.20. The first kappa shape index (κ1) is 13.7. The van der Waals surface area contributed by atoms with Crippen molar-refractivity contribution in [3.63, 3.8) is 0 Å². The predicted molar refractivity (Wildman–Crippen MR) is 73.3 cm³/mol. The fourth-order valence-corrected chi connectivity index (χ4v) is 2.06. The topological polar surface area (TPSA) is 45.5 Å². The van der Waals surface area contributed by atoms with Gasteiger partial charge in [0.15, 0.2) is 0 Å². The smallest absolute Gasteiger partial charge is 0.119 e. The first-order valence-corrected chi connectivity index (χ1v) is 6.71. The summed E-state index contributed by atoms with van der Waals surface area (Å²) < 4.78 is 10.8. The van der Waals surface area contributed by atoms with E-state index in [1.165, 1.54) is 12.8 Å². The van der Waals surface area contributed by atoms with Gasteiger partial charge in [-0.05, 0) is 37.1 Å². The summed E-state index contributed by atoms with van der Waals surface area (Å²) in [4.78, 5) is 2.35. The molecule has 0 radical (unpaired) electrons. The van der Waals surface area contributed by atoms with Gasteiger partial charge in [0.25, 0.3) is 0 Å². The molecule has 0 spiro atoms. The highest BCUT2D eigenvalue weighted by Gasteiger charge is 2.28. The Morgan fingerprint density at radius 2 is 1.89 bits per heavy atom. The summed E-state index contributed by atoms with van der Waals surface area (Å²) in [5, 5.41) is 8.65. The lowest BCUT2D eigenvalue weighted by molar-refractivity contribution is 0.204. The molecule has 4 nitrogen and oxygen atoms in total. The molecule has 0 saturated heterocycles. The Morgan fingerprint density at radius 3 is 2.47 bits per heavy atom. The van der Waals surface area contributed by atoms with E-state index in [4.69, 9.17) is 14.7 Å². The van der Waals surface area contributed by atoms with Gasteiger partial charge in [-0.1, -0.05) is 0 Å². The molecule has 1 aliphatic carbocycles. The highest BCUT2D eigenvalue weighted by molar-refractivity contribution is 5.31. The SMILES string of the molecule is COc1ccc(OCCN(CCC#N)C2CC2)cc1. The van der Waals surface area contributed by atoms with Crippen LogP contribution in [-0.2, 0) is 0 Å². The summed E-state index contributed by atoms with van der Waals surface area (Å²) in [7, 11) is 1.65. The molecular formula is C15H20N2O2. The molecule has 0 bridgehead atoms. The van der Waals surface area contributed by atoms with E-state index >= 15 is 0 Å². The zero-order valence-corrected chi connectivity index (χ0v) is 11.3. The van der Waals surface area contributed by atoms with Gasteiger partial charge >= 0.3 is 0 Å². The van der Waals surface area contributed by atoms with E-state index in [0.29, 0.717) is 19.1 Å². The molecule has 102 valence electrons. The van der Waals surface area contributed by atoms with Gasteiger partial charge in [-0.15, -0.1) is 0 Å². The molecule has 0 heterocycles. The van der Waals surface area contributed by atoms with Gasteiger partial charge in [-0.25, -0.2) is 0 Å². The summed E-state index contributed by atoms with van der Waals surface area (Å²) in [6.07, 6.45) is 3.11. The van der Waals surface area contributed by atoms with E-state index in [9.17, 15) is 0 Å². The zero-order valence-electron chi connectivity index (χ0n) is 11.3. The van der Waals surface area contributed by atoms with Crippen LogP contribution in [0, 0.1) is 11.3 Å². The first-order valence-electron chi connectivity index (χ1n) is 6.71. The maximum absolute atomic E-state index is 8.65. The molecule has 4 heteroatoms. The third-order valence-corrected chi connectivity index (χ3v) is 3.28. The Hall–Kier alpha value is -1.73. The Morgan fingerprint density at radius 1 is 1.21 bits per heavy atom. The van der Waals surface area contributed by atoms with Crippen molar-refractivity contribution in [3.05, 3.63) is 24.3 Å². The minimum atomic E-state index is 0.596. The van der Waals surface area contributed by atoms with Crippen molar-refractivity contribution in [2.45, 2.75) is 25.3 Å². The number of ether oxygens (including phenoxy) is 2. The molecule has 0 atom stereocenters. The van der Waals surface area contributed by atoms with E-state index < -0.39 is 0 Å². The van der Waals surface area contributed by atoms with Gasteiger partial charge in [0.05, 0.1) is 13.2 Å². The largest absolute Gasteiger partial charge is 0.497 e. The number of nitrogens with zero attached hydrogens (tertiary/aromatic N) is 2. The Labute approximate surface area is 114 Å². The van der Waals surface area contributed by atoms with Crippen molar-refractivity contribution >= 4 is 0 Å². The molecule has 0 unspecified atom stereocenters. The quantitative estimate of drug-likeness (QED) is 0.720. The van der Waals surface area contributed by atoms with Crippen LogP contribution in [0.3, 0.4) is 0 Å². The maximum atomic E-state index is 8.65. The van der Waals surface area contributed by atoms with Crippen LogP contribution in [0.5, 0.6) is 11.5 Å². The third-order valence-electron chi connectivity index (χ3n) is 3.28. The minimum Gasteiger partial charge on any atom is -0.497 e. The minimum absolute atomic E-state index is 0.596. The zero-order chi connectivity index (χ0) is 13.5. The van der Waals surface area contributed by atoms with Crippen LogP contribution < -0.4 is 9.47 Å². The van der Waals surface area contributed by atoms with Crippen molar-refractivity contribution in [1.29, 1.82) is 5.26 Å². The van der Waals surface area contributed by atoms with Crippen molar-refractivity contribution in [2.24, 2.45) is 0 Å². The van der Waals surface area contributed by atoms with Crippen molar-refractivity contribution in [2.75, 3.05) is 26.8 Å². The van der Waals surface area contributed by atoms with Crippen LogP contribution in [-0.4, -0.2) is 37.7 Å². The molecule has 1 aromatic carbocycles. The van der Waals surface area contributed by atoms with Gasteiger partial charge in [0.2, 0.25) is 0 Å². The normalized spacial score (nSPS) is 14.2. The monoisotopic (exact) mass is 260 g/mol. The van der Waals surface area contributed by atoms with Crippen LogP contribution in [0.2, 0.25) is 0 Å². The second kappa shape index (κ2) is 7.01. The third kappa shape index (κ3) is 4.46. The second-order valence-corrected chi connectivity index (χ2v) is 4.70. The standard InChI is InChI=1S/C15H20N2O2/c1-18-14-5-7-15(8-6-14)19-12-11-17(10-2-9-16)13-3-4-13/h5-8,13H,2-4,10-12H2,1H3. The highest BCUT2D eigenvalue weighted by Crippen LogP contribution is 2.26. The molecule has 1 aromatic rings. The van der Waals surface area contributed by atoms with Crippen molar-refractivity contribution < 1.29 is 9.47 Å². The first-order chi connectivity index (χ1) is 9.33. The molecule has 1 aliphatic rings. The van der Waals surface area contributed by atoms with E-state index in [2.05, 4.69) is 11.0 Å². The summed E-state index contributed by atoms with van der Waals surface area (Å²) in [5.74, 6) is 1.69. The van der Waals surface area contributed by atoms with E-state index in [1.807, 2.05) is 24.3 Å². The lowest BCUT2D eigenvalue weighted by atomic mass is 10.3. The number of hydrogen-bond donors (Lipinski definition) is 0. The summed E-state index contributed by atoms with van der Waals surface area (Å²) in [5.41, 5.74) is 0. The molecule has 2 rings (SSSR count). The second-order valence-electron chi connectivity index (χ2n) is 4.70. The molecule has 1 fully saturated rings. The number of benzene rings is 1. The van der Waals surface area contributed by atoms with Gasteiger partial charge in [0.1, 0.15) is 18.1 Å². The fourth-order valence-electron chi connectivity index (χ4n) is 2.06. The number of rotatable bonds is 8. The van der Waals surface area contributed by atoms with Crippen molar-refractivity contribution in [3.8, 4) is 17.6 Å². The van der Waals surface area contributed by atoms with Crippen LogP contribution in [0.1, 0.15) is 19.3 Å². The van der Waals surface area contributed by atoms with Crippen molar-refractivity contribution in [1.82, 2.24) is 4.90 Å². The fraction of sp³-hybridized carbons (Fsp3) is 0.533. The maximum Gasteiger partial charge on any atom is 0.119 e. The van der Waals surface area contributed by atoms with Gasteiger partial charge in [-0.2, -0.15) is 5.26 Å². The number of hydrogen-bond acceptors (Lipinski definition) is 4. The Balaban J connectivity index is 1.73. The van der Waals surface area contributed by atoms with Gasteiger partial charge < -0.3 is 9.47 Å². The Bertz CT molecular complexity index is 421. The molecule has 19 heavy (non-hydrogen) atoms. The van der Waals surface area contributed by atoms with Gasteiger partial charge in [-0.3, -0.25) is 4.90 Å². The van der Waals surface area contributed by atoms with Crippen LogP contribution in [0.15, 0.2) is 24.3 Å². The van der Waals surface area contributed by atoms with Crippen LogP contribution >= 0.6 is 0 Å². The highest BCUT2D eigenvalue weighted by atomic mass is 16.5. The molecule has 0 N–H and O–H groups in total. The molecule has 1 saturated carbocycles. The average molecular weight is 260 g/mol. The lowest BCUT2D eigenvalue weighted by Crippen LogP contribution is -2.31. The Kier molecular flexibility index (Phi) is 5.05. The summed E-state index contributed by atoms with van der Waals surface area (Å²) in [6.45, 7) is 2.40. The molecule has 0 aromatic heterocycles.